The summed E-state index contributed by atoms with van der Waals surface area (Å²) in [6.45, 7) is 9.00. The molecule has 3 N–H and O–H groups in total. The lowest BCUT2D eigenvalue weighted by molar-refractivity contribution is 0.0543. The third-order valence-corrected chi connectivity index (χ3v) is 5.57. The van der Waals surface area contributed by atoms with Crippen LogP contribution in [0.25, 0.3) is 21.8 Å². The Hall–Kier alpha value is -4.47. The zero-order valence-electron chi connectivity index (χ0n) is 21.8. The Labute approximate surface area is 213 Å². The van der Waals surface area contributed by atoms with Crippen molar-refractivity contribution in [2.45, 2.75) is 40.2 Å². The summed E-state index contributed by atoms with van der Waals surface area (Å²) in [6, 6.07) is 6.95. The fourth-order valence-corrected chi connectivity index (χ4v) is 3.86. The molecule has 0 saturated heterocycles. The molecular weight excluding hydrogens is 480 g/mol. The summed E-state index contributed by atoms with van der Waals surface area (Å²) >= 11 is 0. The van der Waals surface area contributed by atoms with Crippen molar-refractivity contribution in [2.75, 3.05) is 14.2 Å². The molecule has 0 radical (unpaired) electrons. The van der Waals surface area contributed by atoms with E-state index in [1.54, 1.807) is 46.1 Å². The van der Waals surface area contributed by atoms with E-state index in [0.29, 0.717) is 27.8 Å². The topological polar surface area (TPSA) is 140 Å². The molecule has 2 aromatic heterocycles. The Bertz CT molecular complexity index is 1500. The summed E-state index contributed by atoms with van der Waals surface area (Å²) in [5, 5.41) is 19.4. The van der Waals surface area contributed by atoms with Gasteiger partial charge in [0, 0.05) is 28.7 Å². The van der Waals surface area contributed by atoms with Crippen LogP contribution in [0.15, 0.2) is 36.7 Å². The Morgan fingerprint density at radius 2 is 1.38 bits per heavy atom. The van der Waals surface area contributed by atoms with E-state index in [0.717, 1.165) is 16.6 Å². The number of fused-ring (bicyclic) bond motifs is 2. The highest BCUT2D eigenvalue weighted by atomic mass is 16.6. The summed E-state index contributed by atoms with van der Waals surface area (Å²) in [5.74, 6) is -0.785. The maximum Gasteiger partial charge on any atom is 0.419 e. The molecule has 2 heterocycles. The highest BCUT2D eigenvalue weighted by molar-refractivity contribution is 6.06. The number of nitrogens with zero attached hydrogens (tertiary/aromatic N) is 1. The van der Waals surface area contributed by atoms with Crippen LogP contribution in [0.1, 0.15) is 52.6 Å². The molecule has 0 fully saturated rings. The van der Waals surface area contributed by atoms with Crippen LogP contribution in [0.4, 0.5) is 4.79 Å². The average molecular weight is 511 g/mol. The summed E-state index contributed by atoms with van der Waals surface area (Å²) in [7, 11) is 3.08. The number of hydrogen-bond donors (Lipinski definition) is 3. The van der Waals surface area contributed by atoms with Gasteiger partial charge in [-0.2, -0.15) is 0 Å². The molecule has 0 atom stereocenters. The van der Waals surface area contributed by atoms with Gasteiger partial charge in [0.1, 0.15) is 17.1 Å². The van der Waals surface area contributed by atoms with E-state index in [1.807, 2.05) is 19.9 Å². The largest absolute Gasteiger partial charge is 0.496 e. The Morgan fingerprint density at radius 1 is 0.838 bits per heavy atom. The molecule has 10 heteroatoms. The van der Waals surface area contributed by atoms with Gasteiger partial charge in [0.05, 0.1) is 30.9 Å². The van der Waals surface area contributed by atoms with Crippen molar-refractivity contribution < 1.29 is 38.8 Å². The van der Waals surface area contributed by atoms with E-state index in [9.17, 15) is 19.5 Å². The smallest absolute Gasteiger partial charge is 0.419 e. The molecule has 37 heavy (non-hydrogen) atoms. The van der Waals surface area contributed by atoms with Crippen molar-refractivity contribution in [1.29, 1.82) is 0 Å². The number of ether oxygens (including phenoxy) is 3. The van der Waals surface area contributed by atoms with E-state index < -0.39 is 23.6 Å². The first-order valence-electron chi connectivity index (χ1n) is 11.3. The predicted octanol–water partition coefficient (Wildman–Crippen LogP) is 5.62. The van der Waals surface area contributed by atoms with Crippen molar-refractivity contribution in [1.82, 2.24) is 9.55 Å². The van der Waals surface area contributed by atoms with Gasteiger partial charge in [-0.1, -0.05) is 0 Å². The molecule has 4 aromatic rings. The number of methoxy groups -OCH3 is 2. The number of carbonyl (C=O) groups is 3. The van der Waals surface area contributed by atoms with Gasteiger partial charge in [0.2, 0.25) is 0 Å². The lowest BCUT2D eigenvalue weighted by Gasteiger charge is -2.19. The van der Waals surface area contributed by atoms with Gasteiger partial charge in [0.25, 0.3) is 0 Å². The van der Waals surface area contributed by atoms with Gasteiger partial charge in [-0.05, 0) is 70.0 Å². The molecule has 0 bridgehead atoms. The normalized spacial score (nSPS) is 11.1. The second-order valence-corrected chi connectivity index (χ2v) is 9.41. The maximum absolute atomic E-state index is 12.3. The molecular formula is C27H30N2O8. The second kappa shape index (κ2) is 10.3. The number of benzene rings is 2. The minimum atomic E-state index is -1.11. The molecule has 0 aliphatic rings. The summed E-state index contributed by atoms with van der Waals surface area (Å²) in [6.07, 6.45) is 2.15. The van der Waals surface area contributed by atoms with Crippen molar-refractivity contribution >= 4 is 39.8 Å². The predicted molar refractivity (Wildman–Crippen MR) is 138 cm³/mol. The first-order chi connectivity index (χ1) is 17.3. The molecule has 0 saturated carbocycles. The van der Waals surface area contributed by atoms with Crippen LogP contribution in [0.5, 0.6) is 11.5 Å². The molecule has 196 valence electrons. The van der Waals surface area contributed by atoms with Crippen LogP contribution in [-0.4, -0.2) is 57.6 Å². The number of H-pyrrole nitrogens is 1. The van der Waals surface area contributed by atoms with Crippen LogP contribution in [0.3, 0.4) is 0 Å². The minimum absolute atomic E-state index is 0.0270. The van der Waals surface area contributed by atoms with Gasteiger partial charge in [-0.3, -0.25) is 4.57 Å². The highest BCUT2D eigenvalue weighted by Crippen LogP contribution is 2.30. The van der Waals surface area contributed by atoms with Crippen LogP contribution in [0, 0.1) is 13.8 Å². The molecule has 0 amide bonds. The number of aromatic nitrogens is 2. The van der Waals surface area contributed by atoms with Crippen LogP contribution < -0.4 is 9.47 Å². The van der Waals surface area contributed by atoms with E-state index in [2.05, 4.69) is 4.98 Å². The van der Waals surface area contributed by atoms with Crippen LogP contribution in [-0.2, 0) is 4.74 Å². The zero-order chi connectivity index (χ0) is 27.7. The van der Waals surface area contributed by atoms with E-state index in [4.69, 9.17) is 19.3 Å². The van der Waals surface area contributed by atoms with Crippen molar-refractivity contribution in [3.8, 4) is 11.5 Å². The number of carbonyl (C=O) groups excluding carboxylic acids is 1. The van der Waals surface area contributed by atoms with Crippen molar-refractivity contribution in [3.05, 3.63) is 58.9 Å². The van der Waals surface area contributed by atoms with Gasteiger partial charge in [0.15, 0.2) is 0 Å². The first-order valence-corrected chi connectivity index (χ1v) is 11.3. The minimum Gasteiger partial charge on any atom is -0.496 e. The fraction of sp³-hybridized carbons (Fsp3) is 0.296. The number of carboxylic acid groups (broad SMARTS) is 2. The van der Waals surface area contributed by atoms with Gasteiger partial charge < -0.3 is 29.4 Å². The summed E-state index contributed by atoms with van der Waals surface area (Å²) in [5.41, 5.74) is 2.69. The van der Waals surface area contributed by atoms with Gasteiger partial charge in [-0.25, -0.2) is 14.4 Å². The van der Waals surface area contributed by atoms with Gasteiger partial charge >= 0.3 is 18.0 Å². The number of nitrogens with one attached hydrogen (secondary N) is 1. The Morgan fingerprint density at radius 3 is 1.89 bits per heavy atom. The number of carboxylic acids is 2. The Kier molecular flexibility index (Phi) is 7.52. The van der Waals surface area contributed by atoms with E-state index in [1.165, 1.54) is 24.1 Å². The number of rotatable bonds is 4. The van der Waals surface area contributed by atoms with Gasteiger partial charge in [-0.15, -0.1) is 0 Å². The Balaban J connectivity index is 0.000000220. The number of hydrogen-bond acceptors (Lipinski definition) is 6. The summed E-state index contributed by atoms with van der Waals surface area (Å²) < 4.78 is 16.9. The average Bonchev–Trinajstić information content (AvgIpc) is 3.38. The standard InChI is InChI=1S/C16H19NO5.C11H11NO3/c1-9-6-12-10(7-13(9)21-5)11(14(18)19)8-17(12)15(20)22-16(2,3)4;1-6-3-9-7(4-10(6)15-2)8(5-12-9)11(13)14/h6-8H,1-5H3,(H,18,19);3-5,12H,1-2H3,(H,13,14). The fourth-order valence-electron chi connectivity index (χ4n) is 3.86. The van der Waals surface area contributed by atoms with Crippen LogP contribution >= 0.6 is 0 Å². The molecule has 0 aliphatic heterocycles. The first kappa shape index (κ1) is 27.1. The van der Waals surface area contributed by atoms with Crippen molar-refractivity contribution in [2.24, 2.45) is 0 Å². The van der Waals surface area contributed by atoms with E-state index >= 15 is 0 Å². The second-order valence-electron chi connectivity index (χ2n) is 9.41. The quantitative estimate of drug-likeness (QED) is 0.321. The van der Waals surface area contributed by atoms with Crippen molar-refractivity contribution in [3.63, 3.8) is 0 Å². The third-order valence-electron chi connectivity index (χ3n) is 5.57. The number of aromatic amines is 1. The highest BCUT2D eigenvalue weighted by Gasteiger charge is 2.23. The molecule has 0 aliphatic carbocycles. The third kappa shape index (κ3) is 5.69. The number of aromatic carboxylic acids is 2. The van der Waals surface area contributed by atoms with Crippen LogP contribution in [0.2, 0.25) is 0 Å². The number of aryl methyl sites for hydroxylation is 2. The summed E-state index contributed by atoms with van der Waals surface area (Å²) in [4.78, 5) is 37.5. The maximum atomic E-state index is 12.3. The van der Waals surface area contributed by atoms with E-state index in [-0.39, 0.29) is 11.1 Å². The molecule has 4 rings (SSSR count). The lowest BCUT2D eigenvalue weighted by Crippen LogP contribution is -2.26. The SMILES string of the molecule is COc1cc2c(C(=O)O)c[nH]c2cc1C.COc1cc2c(C(=O)O)cn(C(=O)OC(C)(C)C)c2cc1C. The molecule has 0 unspecified atom stereocenters. The molecule has 0 spiro atoms. The zero-order valence-corrected chi connectivity index (χ0v) is 21.8. The molecule has 2 aromatic carbocycles. The monoisotopic (exact) mass is 510 g/mol. The molecule has 10 nitrogen and oxygen atoms in total. The lowest BCUT2D eigenvalue weighted by atomic mass is 10.1.